The van der Waals surface area contributed by atoms with Crippen molar-refractivity contribution in [3.8, 4) is 0 Å². The summed E-state index contributed by atoms with van der Waals surface area (Å²) in [7, 11) is 5.81. The van der Waals surface area contributed by atoms with Gasteiger partial charge in [-0.1, -0.05) is 11.6 Å². The fraction of sp³-hybridized carbons (Fsp3) is 0.556. The zero-order valence-corrected chi connectivity index (χ0v) is 17.3. The van der Waals surface area contributed by atoms with Crippen molar-refractivity contribution in [2.45, 2.75) is 38.6 Å². The van der Waals surface area contributed by atoms with Crippen LogP contribution in [0.5, 0.6) is 0 Å². The highest BCUT2D eigenvalue weighted by molar-refractivity contribution is 14.0. The minimum absolute atomic E-state index is 0. The van der Waals surface area contributed by atoms with E-state index < -0.39 is 0 Å². The van der Waals surface area contributed by atoms with Gasteiger partial charge in [-0.3, -0.25) is 4.99 Å². The lowest BCUT2D eigenvalue weighted by molar-refractivity contribution is 0.665. The van der Waals surface area contributed by atoms with E-state index in [9.17, 15) is 0 Å². The summed E-state index contributed by atoms with van der Waals surface area (Å²) >= 11 is 0. The number of anilines is 1. The maximum atomic E-state index is 4.33. The maximum absolute atomic E-state index is 4.33. The number of nitrogens with one attached hydrogen (secondary N) is 2. The molecule has 0 fully saturated rings. The number of nitrogens with zero attached hydrogens (tertiary/aromatic N) is 3. The van der Waals surface area contributed by atoms with E-state index in [1.54, 1.807) is 5.57 Å². The van der Waals surface area contributed by atoms with Crippen molar-refractivity contribution in [3.63, 3.8) is 0 Å². The SMILES string of the molecule is CN=C(NCCC1=CCCCC1)NCc1ccnc(N(C)C)c1.I. The molecule has 0 amide bonds. The van der Waals surface area contributed by atoms with Crippen LogP contribution in [0.4, 0.5) is 5.82 Å². The second-order valence-electron chi connectivity index (χ2n) is 6.13. The Balaban J connectivity index is 0.00000288. The molecule has 0 unspecified atom stereocenters. The normalized spacial score (nSPS) is 14.5. The number of aliphatic imine (C=N–C) groups is 1. The second-order valence-corrected chi connectivity index (χ2v) is 6.13. The number of hydrogen-bond acceptors (Lipinski definition) is 3. The first-order chi connectivity index (χ1) is 11.2. The largest absolute Gasteiger partial charge is 0.363 e. The molecule has 1 aromatic heterocycles. The quantitative estimate of drug-likeness (QED) is 0.307. The van der Waals surface area contributed by atoms with Crippen LogP contribution < -0.4 is 15.5 Å². The molecule has 6 heteroatoms. The Bertz CT molecular complexity index is 554. The van der Waals surface area contributed by atoms with Gasteiger partial charge in [-0.25, -0.2) is 4.98 Å². The molecule has 0 radical (unpaired) electrons. The highest BCUT2D eigenvalue weighted by Gasteiger charge is 2.05. The zero-order valence-electron chi connectivity index (χ0n) is 15.0. The smallest absolute Gasteiger partial charge is 0.191 e. The van der Waals surface area contributed by atoms with Crippen LogP contribution in [-0.2, 0) is 6.54 Å². The summed E-state index contributed by atoms with van der Waals surface area (Å²) in [6.07, 6.45) is 10.6. The first-order valence-corrected chi connectivity index (χ1v) is 8.43. The molecule has 0 atom stereocenters. The highest BCUT2D eigenvalue weighted by atomic mass is 127. The number of pyridine rings is 1. The molecule has 1 heterocycles. The van der Waals surface area contributed by atoms with Crippen molar-refractivity contribution in [1.29, 1.82) is 0 Å². The lowest BCUT2D eigenvalue weighted by atomic mass is 9.97. The predicted octanol–water partition coefficient (Wildman–Crippen LogP) is 3.32. The maximum Gasteiger partial charge on any atom is 0.191 e. The fourth-order valence-electron chi connectivity index (χ4n) is 2.69. The second kappa shape index (κ2) is 11.3. The number of guanidine groups is 1. The Morgan fingerprint density at radius 3 is 2.79 bits per heavy atom. The van der Waals surface area contributed by atoms with Crippen molar-refractivity contribution in [3.05, 3.63) is 35.5 Å². The van der Waals surface area contributed by atoms with Crippen LogP contribution in [0.25, 0.3) is 0 Å². The molecule has 5 nitrogen and oxygen atoms in total. The van der Waals surface area contributed by atoms with Crippen molar-refractivity contribution in [2.75, 3.05) is 32.6 Å². The lowest BCUT2D eigenvalue weighted by Crippen LogP contribution is -2.37. The molecular weight excluding hydrogens is 413 g/mol. The van der Waals surface area contributed by atoms with Crippen LogP contribution in [0.1, 0.15) is 37.7 Å². The van der Waals surface area contributed by atoms with Gasteiger partial charge >= 0.3 is 0 Å². The third-order valence-electron chi connectivity index (χ3n) is 4.08. The van der Waals surface area contributed by atoms with Crippen LogP contribution in [0, 0.1) is 0 Å². The van der Waals surface area contributed by atoms with Gasteiger partial charge in [-0.2, -0.15) is 0 Å². The molecule has 134 valence electrons. The first kappa shape index (κ1) is 20.7. The molecular formula is C18H30IN5. The Morgan fingerprint density at radius 2 is 2.12 bits per heavy atom. The molecule has 0 saturated heterocycles. The first-order valence-electron chi connectivity index (χ1n) is 8.43. The summed E-state index contributed by atoms with van der Waals surface area (Å²) in [6.45, 7) is 1.68. The number of halogens is 1. The van der Waals surface area contributed by atoms with Gasteiger partial charge in [0, 0.05) is 40.4 Å². The standard InChI is InChI=1S/C18H29N5.HI/c1-19-18(21-12-9-15-7-5-4-6-8-15)22-14-16-10-11-20-17(13-16)23(2)3;/h7,10-11,13H,4-6,8-9,12,14H2,1-3H3,(H2,19,21,22);1H. The van der Waals surface area contributed by atoms with Crippen molar-refractivity contribution < 1.29 is 0 Å². The lowest BCUT2D eigenvalue weighted by Gasteiger charge is -2.16. The molecule has 0 saturated carbocycles. The minimum atomic E-state index is 0. The van der Waals surface area contributed by atoms with Crippen LogP contribution in [-0.4, -0.2) is 38.6 Å². The Morgan fingerprint density at radius 1 is 1.29 bits per heavy atom. The number of aromatic nitrogens is 1. The molecule has 0 bridgehead atoms. The minimum Gasteiger partial charge on any atom is -0.363 e. The van der Waals surface area contributed by atoms with Crippen molar-refractivity contribution >= 4 is 35.8 Å². The molecule has 0 aliphatic heterocycles. The molecule has 1 aliphatic carbocycles. The van der Waals surface area contributed by atoms with Crippen molar-refractivity contribution in [2.24, 2.45) is 4.99 Å². The number of rotatable bonds is 6. The summed E-state index contributed by atoms with van der Waals surface area (Å²) in [5.41, 5.74) is 2.78. The van der Waals surface area contributed by atoms with E-state index in [0.29, 0.717) is 0 Å². The zero-order chi connectivity index (χ0) is 16.5. The van der Waals surface area contributed by atoms with E-state index in [0.717, 1.165) is 31.3 Å². The molecule has 0 spiro atoms. The summed E-state index contributed by atoms with van der Waals surface area (Å²) in [5.74, 6) is 1.82. The van der Waals surface area contributed by atoms with Gasteiger partial charge in [0.05, 0.1) is 0 Å². The van der Waals surface area contributed by atoms with Gasteiger partial charge in [-0.05, 0) is 49.8 Å². The van der Waals surface area contributed by atoms with E-state index >= 15 is 0 Å². The third kappa shape index (κ3) is 7.07. The number of hydrogen-bond donors (Lipinski definition) is 2. The summed E-state index contributed by atoms with van der Waals surface area (Å²) in [5, 5.41) is 6.76. The molecule has 0 aromatic carbocycles. The average molecular weight is 443 g/mol. The van der Waals surface area contributed by atoms with Crippen LogP contribution in [0.15, 0.2) is 35.0 Å². The monoisotopic (exact) mass is 443 g/mol. The van der Waals surface area contributed by atoms with E-state index in [-0.39, 0.29) is 24.0 Å². The molecule has 2 rings (SSSR count). The van der Waals surface area contributed by atoms with Gasteiger partial charge in [0.15, 0.2) is 5.96 Å². The molecule has 1 aliphatic rings. The van der Waals surface area contributed by atoms with Gasteiger partial charge in [0.1, 0.15) is 5.82 Å². The van der Waals surface area contributed by atoms with Gasteiger partial charge < -0.3 is 15.5 Å². The molecule has 24 heavy (non-hydrogen) atoms. The van der Waals surface area contributed by atoms with Crippen LogP contribution >= 0.6 is 24.0 Å². The molecule has 1 aromatic rings. The van der Waals surface area contributed by atoms with E-state index in [1.807, 2.05) is 38.3 Å². The summed E-state index contributed by atoms with van der Waals surface area (Å²) in [4.78, 5) is 10.6. The molecule has 2 N–H and O–H groups in total. The van der Waals surface area contributed by atoms with Gasteiger partial charge in [0.2, 0.25) is 0 Å². The summed E-state index contributed by atoms with van der Waals surface area (Å²) < 4.78 is 0. The van der Waals surface area contributed by atoms with E-state index in [1.165, 1.54) is 31.2 Å². The fourth-order valence-corrected chi connectivity index (χ4v) is 2.69. The van der Waals surface area contributed by atoms with E-state index in [4.69, 9.17) is 0 Å². The van der Waals surface area contributed by atoms with Crippen molar-refractivity contribution in [1.82, 2.24) is 15.6 Å². The highest BCUT2D eigenvalue weighted by Crippen LogP contribution is 2.19. The van der Waals surface area contributed by atoms with Gasteiger partial charge in [-0.15, -0.1) is 24.0 Å². The third-order valence-corrected chi connectivity index (χ3v) is 4.08. The van der Waals surface area contributed by atoms with Crippen LogP contribution in [0.2, 0.25) is 0 Å². The average Bonchev–Trinajstić information content (AvgIpc) is 2.59. The predicted molar refractivity (Wildman–Crippen MR) is 113 cm³/mol. The Labute approximate surface area is 163 Å². The Hall–Kier alpha value is -1.31. The Kier molecular flexibility index (Phi) is 9.75. The number of allylic oxidation sites excluding steroid dienone is 1. The van der Waals surface area contributed by atoms with E-state index in [2.05, 4.69) is 32.8 Å². The topological polar surface area (TPSA) is 52.6 Å². The summed E-state index contributed by atoms with van der Waals surface area (Å²) in [6, 6.07) is 4.12. The van der Waals surface area contributed by atoms with Gasteiger partial charge in [0.25, 0.3) is 0 Å². The van der Waals surface area contributed by atoms with Crippen LogP contribution in [0.3, 0.4) is 0 Å².